The summed E-state index contributed by atoms with van der Waals surface area (Å²) in [6, 6.07) is 9.79. The predicted molar refractivity (Wildman–Crippen MR) is 84.6 cm³/mol. The zero-order valence-electron chi connectivity index (χ0n) is 12.4. The van der Waals surface area contributed by atoms with Crippen LogP contribution in [-0.2, 0) is 5.54 Å². The molecule has 3 aromatic rings. The molecule has 0 atom stereocenters. The number of para-hydroxylation sites is 1. The molecule has 4 rings (SSSR count). The summed E-state index contributed by atoms with van der Waals surface area (Å²) < 4.78 is 0. The summed E-state index contributed by atoms with van der Waals surface area (Å²) in [5.41, 5.74) is 2.24. The molecule has 1 saturated carbocycles. The SMILES string of the molecule is Cc1cnc(C2(NC(=O)c3cc4ccccc4[nH]3)CCC2)[nH]1. The third kappa shape index (κ3) is 2.01. The van der Waals surface area contributed by atoms with Gasteiger partial charge in [-0.05, 0) is 38.3 Å². The lowest BCUT2D eigenvalue weighted by atomic mass is 9.76. The lowest BCUT2D eigenvalue weighted by Gasteiger charge is -2.40. The standard InChI is InChI=1S/C17H18N4O/c1-11-10-18-16(19-11)17(7-4-8-17)21-15(22)14-9-12-5-2-3-6-13(12)20-14/h2-3,5-6,9-10,20H,4,7-8H2,1H3,(H,18,19)(H,21,22). The smallest absolute Gasteiger partial charge is 0.268 e. The van der Waals surface area contributed by atoms with E-state index in [1.54, 1.807) is 0 Å². The van der Waals surface area contributed by atoms with E-state index in [1.807, 2.05) is 43.5 Å². The Bertz CT molecular complexity index is 808. The number of aryl methyl sites for hydroxylation is 1. The van der Waals surface area contributed by atoms with Crippen LogP contribution in [0.3, 0.4) is 0 Å². The number of rotatable bonds is 3. The quantitative estimate of drug-likeness (QED) is 0.694. The molecule has 0 aliphatic heterocycles. The average molecular weight is 294 g/mol. The van der Waals surface area contributed by atoms with Crippen LogP contribution in [0, 0.1) is 6.92 Å². The molecule has 22 heavy (non-hydrogen) atoms. The molecule has 112 valence electrons. The highest BCUT2D eigenvalue weighted by Gasteiger charge is 2.42. The molecule has 2 aromatic heterocycles. The summed E-state index contributed by atoms with van der Waals surface area (Å²) in [4.78, 5) is 23.5. The van der Waals surface area contributed by atoms with E-state index >= 15 is 0 Å². The van der Waals surface area contributed by atoms with Crippen molar-refractivity contribution in [1.29, 1.82) is 0 Å². The fourth-order valence-corrected chi connectivity index (χ4v) is 3.09. The molecule has 1 aliphatic carbocycles. The second kappa shape index (κ2) is 4.73. The van der Waals surface area contributed by atoms with Gasteiger partial charge in [-0.3, -0.25) is 4.79 Å². The summed E-state index contributed by atoms with van der Waals surface area (Å²) in [7, 11) is 0. The Hall–Kier alpha value is -2.56. The van der Waals surface area contributed by atoms with Crippen molar-refractivity contribution in [3.63, 3.8) is 0 Å². The van der Waals surface area contributed by atoms with Crippen molar-refractivity contribution in [2.24, 2.45) is 0 Å². The van der Waals surface area contributed by atoms with Crippen LogP contribution in [0.15, 0.2) is 36.5 Å². The minimum atomic E-state index is -0.345. The lowest BCUT2D eigenvalue weighted by Crippen LogP contribution is -2.51. The largest absolute Gasteiger partial charge is 0.351 e. The Balaban J connectivity index is 1.62. The maximum absolute atomic E-state index is 12.6. The molecule has 0 saturated heterocycles. The van der Waals surface area contributed by atoms with E-state index in [2.05, 4.69) is 20.3 Å². The van der Waals surface area contributed by atoms with Crippen LogP contribution in [0.1, 0.15) is 41.3 Å². The van der Waals surface area contributed by atoms with Crippen molar-refractivity contribution in [2.45, 2.75) is 31.7 Å². The second-order valence-corrected chi connectivity index (χ2v) is 6.07. The van der Waals surface area contributed by atoms with Crippen LogP contribution in [0.2, 0.25) is 0 Å². The highest BCUT2D eigenvalue weighted by Crippen LogP contribution is 2.40. The minimum absolute atomic E-state index is 0.0787. The van der Waals surface area contributed by atoms with E-state index in [4.69, 9.17) is 0 Å². The number of amides is 1. The van der Waals surface area contributed by atoms with Gasteiger partial charge in [0, 0.05) is 22.8 Å². The molecule has 5 heteroatoms. The summed E-state index contributed by atoms with van der Waals surface area (Å²) in [5.74, 6) is 0.783. The first-order valence-corrected chi connectivity index (χ1v) is 7.59. The van der Waals surface area contributed by atoms with E-state index in [1.165, 1.54) is 0 Å². The van der Waals surface area contributed by atoms with Crippen LogP contribution < -0.4 is 5.32 Å². The summed E-state index contributed by atoms with van der Waals surface area (Å²) >= 11 is 0. The number of aromatic nitrogens is 3. The molecule has 2 heterocycles. The first-order valence-electron chi connectivity index (χ1n) is 7.59. The summed E-state index contributed by atoms with van der Waals surface area (Å²) in [6.45, 7) is 1.97. The molecular weight excluding hydrogens is 276 g/mol. The van der Waals surface area contributed by atoms with Crippen LogP contribution in [0.25, 0.3) is 10.9 Å². The number of aromatic amines is 2. The maximum atomic E-state index is 12.6. The molecule has 0 bridgehead atoms. The second-order valence-electron chi connectivity index (χ2n) is 6.07. The van der Waals surface area contributed by atoms with Crippen molar-refractivity contribution in [1.82, 2.24) is 20.3 Å². The Morgan fingerprint density at radius 3 is 2.73 bits per heavy atom. The monoisotopic (exact) mass is 294 g/mol. The summed E-state index contributed by atoms with van der Waals surface area (Å²) in [6.07, 6.45) is 4.76. The van der Waals surface area contributed by atoms with Gasteiger partial charge in [-0.2, -0.15) is 0 Å². The Kier molecular flexibility index (Phi) is 2.82. The minimum Gasteiger partial charge on any atom is -0.351 e. The molecule has 3 N–H and O–H groups in total. The van der Waals surface area contributed by atoms with Gasteiger partial charge in [0.1, 0.15) is 11.5 Å². The van der Waals surface area contributed by atoms with Gasteiger partial charge >= 0.3 is 0 Å². The molecule has 1 aliphatic rings. The lowest BCUT2D eigenvalue weighted by molar-refractivity contribution is 0.0806. The number of hydrogen-bond acceptors (Lipinski definition) is 2. The fourth-order valence-electron chi connectivity index (χ4n) is 3.09. The molecule has 1 amide bonds. The van der Waals surface area contributed by atoms with Gasteiger partial charge in [-0.1, -0.05) is 18.2 Å². The molecule has 0 unspecified atom stereocenters. The highest BCUT2D eigenvalue weighted by molar-refractivity contribution is 5.98. The van der Waals surface area contributed by atoms with E-state index in [9.17, 15) is 4.79 Å². The van der Waals surface area contributed by atoms with E-state index in [0.717, 1.165) is 41.7 Å². The van der Waals surface area contributed by atoms with Crippen molar-refractivity contribution in [3.8, 4) is 0 Å². The van der Waals surface area contributed by atoms with Gasteiger partial charge in [0.25, 0.3) is 5.91 Å². The third-order valence-electron chi connectivity index (χ3n) is 4.49. The van der Waals surface area contributed by atoms with Gasteiger partial charge in [0.2, 0.25) is 0 Å². The molecule has 0 spiro atoms. The van der Waals surface area contributed by atoms with Crippen LogP contribution in [0.5, 0.6) is 0 Å². The first kappa shape index (κ1) is 13.1. The zero-order chi connectivity index (χ0) is 15.2. The molecule has 5 nitrogen and oxygen atoms in total. The van der Waals surface area contributed by atoms with E-state index in [0.29, 0.717) is 5.69 Å². The van der Waals surface area contributed by atoms with E-state index in [-0.39, 0.29) is 11.4 Å². The number of carbonyl (C=O) groups is 1. The number of H-pyrrole nitrogens is 2. The number of carbonyl (C=O) groups excluding carboxylic acids is 1. The fraction of sp³-hybridized carbons (Fsp3) is 0.294. The normalized spacial score (nSPS) is 16.4. The van der Waals surface area contributed by atoms with Gasteiger partial charge in [-0.25, -0.2) is 4.98 Å². The van der Waals surface area contributed by atoms with Crippen molar-refractivity contribution in [3.05, 3.63) is 53.7 Å². The van der Waals surface area contributed by atoms with Gasteiger partial charge in [-0.15, -0.1) is 0 Å². The summed E-state index contributed by atoms with van der Waals surface area (Å²) in [5, 5.41) is 4.22. The Labute approximate surface area is 128 Å². The number of nitrogens with zero attached hydrogens (tertiary/aromatic N) is 1. The molecule has 1 aromatic carbocycles. The topological polar surface area (TPSA) is 73.6 Å². The highest BCUT2D eigenvalue weighted by atomic mass is 16.2. The molecule has 0 radical (unpaired) electrons. The molecule has 1 fully saturated rings. The molecular formula is C17H18N4O. The van der Waals surface area contributed by atoms with Crippen LogP contribution in [0.4, 0.5) is 0 Å². The van der Waals surface area contributed by atoms with Gasteiger partial charge < -0.3 is 15.3 Å². The number of hydrogen-bond donors (Lipinski definition) is 3. The van der Waals surface area contributed by atoms with Gasteiger partial charge in [0.05, 0.1) is 5.54 Å². The number of nitrogens with one attached hydrogen (secondary N) is 3. The van der Waals surface area contributed by atoms with Crippen molar-refractivity contribution in [2.75, 3.05) is 0 Å². The number of imidazole rings is 1. The van der Waals surface area contributed by atoms with E-state index < -0.39 is 0 Å². The van der Waals surface area contributed by atoms with Gasteiger partial charge in [0.15, 0.2) is 0 Å². The Morgan fingerprint density at radius 2 is 2.09 bits per heavy atom. The first-order chi connectivity index (χ1) is 10.7. The number of benzene rings is 1. The van der Waals surface area contributed by atoms with Crippen LogP contribution in [-0.4, -0.2) is 20.9 Å². The third-order valence-corrected chi connectivity index (χ3v) is 4.49. The Morgan fingerprint density at radius 1 is 1.27 bits per heavy atom. The zero-order valence-corrected chi connectivity index (χ0v) is 12.4. The number of fused-ring (bicyclic) bond motifs is 1. The average Bonchev–Trinajstić information content (AvgIpc) is 3.08. The maximum Gasteiger partial charge on any atom is 0.268 e. The van der Waals surface area contributed by atoms with Crippen molar-refractivity contribution < 1.29 is 4.79 Å². The van der Waals surface area contributed by atoms with Crippen molar-refractivity contribution >= 4 is 16.8 Å². The van der Waals surface area contributed by atoms with Crippen LogP contribution >= 0.6 is 0 Å². The predicted octanol–water partition coefficient (Wildman–Crippen LogP) is 3.01.